The molecule has 3 fully saturated rings. The van der Waals surface area contributed by atoms with Gasteiger partial charge in [-0.2, -0.15) is 0 Å². The first kappa shape index (κ1) is 27.7. The van der Waals surface area contributed by atoms with Gasteiger partial charge in [-0.1, -0.05) is 0 Å². The van der Waals surface area contributed by atoms with Gasteiger partial charge >= 0.3 is 0 Å². The van der Waals surface area contributed by atoms with E-state index in [1.54, 1.807) is 12.1 Å². The zero-order chi connectivity index (χ0) is 29.1. The third-order valence-corrected chi connectivity index (χ3v) is 8.12. The molecule has 6 rings (SSSR count). The highest BCUT2D eigenvalue weighted by Crippen LogP contribution is 2.39. The highest BCUT2D eigenvalue weighted by atomic mass is 16.3. The van der Waals surface area contributed by atoms with E-state index in [-0.39, 0.29) is 23.4 Å². The molecule has 3 aromatic rings. The van der Waals surface area contributed by atoms with Crippen molar-refractivity contribution in [1.29, 1.82) is 0 Å². The lowest BCUT2D eigenvalue weighted by molar-refractivity contribution is -0.127. The number of hydrogen-bond donors (Lipinski definition) is 2. The summed E-state index contributed by atoms with van der Waals surface area (Å²) in [5.74, 6) is 0.501. The number of carbonyl (C=O) groups excluding carboxylic acids is 3. The zero-order valence-electron chi connectivity index (χ0n) is 24.0. The van der Waals surface area contributed by atoms with E-state index in [1.807, 2.05) is 30.2 Å². The molecule has 11 heteroatoms. The van der Waals surface area contributed by atoms with Crippen molar-refractivity contribution in [2.45, 2.75) is 44.9 Å². The molecular formula is C31H37N7O4. The van der Waals surface area contributed by atoms with E-state index in [0.717, 1.165) is 69.1 Å². The van der Waals surface area contributed by atoms with Gasteiger partial charge in [0.15, 0.2) is 11.6 Å². The molecule has 1 aliphatic carbocycles. The number of pyridine rings is 1. The number of nitrogens with one attached hydrogen (secondary N) is 2. The van der Waals surface area contributed by atoms with Crippen LogP contribution in [0.2, 0.25) is 0 Å². The summed E-state index contributed by atoms with van der Waals surface area (Å²) in [5.41, 5.74) is 4.22. The Bertz CT molecular complexity index is 1460. The number of aryl methyl sites for hydroxylation is 1. The predicted molar refractivity (Wildman–Crippen MR) is 159 cm³/mol. The molecule has 3 aliphatic rings. The van der Waals surface area contributed by atoms with E-state index in [2.05, 4.69) is 36.5 Å². The van der Waals surface area contributed by atoms with Crippen molar-refractivity contribution in [2.24, 2.45) is 0 Å². The van der Waals surface area contributed by atoms with Crippen molar-refractivity contribution in [3.05, 3.63) is 65.6 Å². The van der Waals surface area contributed by atoms with E-state index >= 15 is 0 Å². The SMILES string of the molecule is Cc1cc(N2CCN(c3ccc(C(=O)NCCCN4CCCC4=O)cc3NC(=O)c3coc(C4CC4)n3)CC2)ccn1. The van der Waals surface area contributed by atoms with E-state index in [0.29, 0.717) is 49.0 Å². The van der Waals surface area contributed by atoms with Gasteiger partial charge in [0.1, 0.15) is 6.26 Å². The minimum atomic E-state index is -0.370. The Hall–Kier alpha value is -4.41. The molecule has 0 atom stereocenters. The van der Waals surface area contributed by atoms with Crippen LogP contribution in [0, 0.1) is 6.92 Å². The number of nitrogens with zero attached hydrogens (tertiary/aromatic N) is 5. The second-order valence-electron chi connectivity index (χ2n) is 11.3. The quantitative estimate of drug-likeness (QED) is 0.354. The molecular weight excluding hydrogens is 534 g/mol. The smallest absolute Gasteiger partial charge is 0.277 e. The first-order valence-electron chi connectivity index (χ1n) is 14.8. The van der Waals surface area contributed by atoms with Crippen molar-refractivity contribution in [3.8, 4) is 0 Å². The lowest BCUT2D eigenvalue weighted by Gasteiger charge is -2.38. The molecule has 11 nitrogen and oxygen atoms in total. The lowest BCUT2D eigenvalue weighted by atomic mass is 10.1. The van der Waals surface area contributed by atoms with Crippen LogP contribution >= 0.6 is 0 Å². The van der Waals surface area contributed by atoms with Gasteiger partial charge in [-0.3, -0.25) is 19.4 Å². The Morgan fingerprint density at radius 2 is 1.83 bits per heavy atom. The molecule has 1 saturated carbocycles. The van der Waals surface area contributed by atoms with Gasteiger partial charge in [0.05, 0.1) is 11.4 Å². The molecule has 0 unspecified atom stereocenters. The Kier molecular flexibility index (Phi) is 8.07. The molecule has 3 amide bonds. The molecule has 0 radical (unpaired) electrons. The summed E-state index contributed by atoms with van der Waals surface area (Å²) in [7, 11) is 0. The summed E-state index contributed by atoms with van der Waals surface area (Å²) in [5, 5.41) is 5.96. The monoisotopic (exact) mass is 571 g/mol. The van der Waals surface area contributed by atoms with Gasteiger partial charge in [0.2, 0.25) is 5.91 Å². The van der Waals surface area contributed by atoms with Crippen LogP contribution < -0.4 is 20.4 Å². The fraction of sp³-hybridized carbons (Fsp3) is 0.452. The van der Waals surface area contributed by atoms with Crippen LogP contribution in [0.5, 0.6) is 0 Å². The van der Waals surface area contributed by atoms with Crippen LogP contribution in [0.15, 0.2) is 47.2 Å². The predicted octanol–water partition coefficient (Wildman–Crippen LogP) is 3.58. The molecule has 1 aromatic carbocycles. The average molecular weight is 572 g/mol. The highest BCUT2D eigenvalue weighted by Gasteiger charge is 2.30. The number of carbonyl (C=O) groups is 3. The fourth-order valence-electron chi connectivity index (χ4n) is 5.60. The molecule has 2 saturated heterocycles. The number of piperazine rings is 1. The third-order valence-electron chi connectivity index (χ3n) is 8.12. The molecule has 42 heavy (non-hydrogen) atoms. The van der Waals surface area contributed by atoms with Gasteiger partial charge in [0.25, 0.3) is 11.8 Å². The third kappa shape index (κ3) is 6.40. The minimum absolute atomic E-state index is 0.186. The van der Waals surface area contributed by atoms with Crippen molar-refractivity contribution in [2.75, 3.05) is 60.9 Å². The second kappa shape index (κ2) is 12.2. The Balaban J connectivity index is 1.15. The van der Waals surface area contributed by atoms with Crippen LogP contribution in [0.25, 0.3) is 0 Å². The van der Waals surface area contributed by atoms with Crippen LogP contribution in [-0.2, 0) is 4.79 Å². The molecule has 2 N–H and O–H groups in total. The fourth-order valence-corrected chi connectivity index (χ4v) is 5.60. The molecule has 2 aliphatic heterocycles. The first-order chi connectivity index (χ1) is 20.4. The van der Waals surface area contributed by atoms with Crippen LogP contribution in [0.4, 0.5) is 17.1 Å². The summed E-state index contributed by atoms with van der Waals surface area (Å²) >= 11 is 0. The van der Waals surface area contributed by atoms with E-state index in [4.69, 9.17) is 4.42 Å². The Labute approximate surface area is 245 Å². The van der Waals surface area contributed by atoms with E-state index < -0.39 is 0 Å². The normalized spacial score (nSPS) is 17.1. The molecule has 0 spiro atoms. The largest absolute Gasteiger partial charge is 0.448 e. The zero-order valence-corrected chi connectivity index (χ0v) is 24.0. The summed E-state index contributed by atoms with van der Waals surface area (Å²) in [6.07, 6.45) is 7.50. The summed E-state index contributed by atoms with van der Waals surface area (Å²) in [6, 6.07) is 9.54. The number of amides is 3. The number of anilines is 3. The molecule has 4 heterocycles. The Morgan fingerprint density at radius 1 is 1.02 bits per heavy atom. The van der Waals surface area contributed by atoms with Gasteiger partial charge in [-0.05, 0) is 62.9 Å². The van der Waals surface area contributed by atoms with Crippen LogP contribution in [0.1, 0.15) is 70.5 Å². The minimum Gasteiger partial charge on any atom is -0.448 e. The first-order valence-corrected chi connectivity index (χ1v) is 14.8. The maximum atomic E-state index is 13.2. The summed E-state index contributed by atoms with van der Waals surface area (Å²) in [6.45, 7) is 7.02. The standard InChI is InChI=1S/C31H37N7O4/c1-21-18-24(9-11-32-21)36-14-16-37(17-15-36)27-8-7-23(29(40)33-10-3-13-38-12-2-4-28(38)39)19-25(27)34-30(41)26-20-42-31(35-26)22-5-6-22/h7-9,11,18-20,22H,2-6,10,12-17H2,1H3,(H,33,40)(H,34,41). The number of likely N-dealkylation sites (tertiary alicyclic amines) is 1. The second-order valence-corrected chi connectivity index (χ2v) is 11.3. The van der Waals surface area contributed by atoms with Crippen LogP contribution in [-0.4, -0.2) is 78.4 Å². The number of hydrogen-bond acceptors (Lipinski definition) is 8. The van der Waals surface area contributed by atoms with Crippen molar-refractivity contribution >= 4 is 34.8 Å². The van der Waals surface area contributed by atoms with Crippen molar-refractivity contribution in [1.82, 2.24) is 20.2 Å². The van der Waals surface area contributed by atoms with Gasteiger partial charge < -0.3 is 29.8 Å². The average Bonchev–Trinajstić information content (AvgIpc) is 3.58. The lowest BCUT2D eigenvalue weighted by Crippen LogP contribution is -2.46. The van der Waals surface area contributed by atoms with Crippen molar-refractivity contribution in [3.63, 3.8) is 0 Å². The number of rotatable bonds is 10. The molecule has 220 valence electrons. The molecule has 2 aromatic heterocycles. The Morgan fingerprint density at radius 3 is 2.57 bits per heavy atom. The van der Waals surface area contributed by atoms with E-state index in [1.165, 1.54) is 6.26 Å². The van der Waals surface area contributed by atoms with E-state index in [9.17, 15) is 14.4 Å². The van der Waals surface area contributed by atoms with Crippen LogP contribution in [0.3, 0.4) is 0 Å². The highest BCUT2D eigenvalue weighted by molar-refractivity contribution is 6.06. The topological polar surface area (TPSA) is 124 Å². The number of oxazole rings is 1. The van der Waals surface area contributed by atoms with Gasteiger partial charge in [0, 0.05) is 81.3 Å². The van der Waals surface area contributed by atoms with Gasteiger partial charge in [-0.25, -0.2) is 4.98 Å². The number of benzene rings is 1. The maximum Gasteiger partial charge on any atom is 0.277 e. The molecule has 0 bridgehead atoms. The number of aromatic nitrogens is 2. The maximum absolute atomic E-state index is 13.2. The summed E-state index contributed by atoms with van der Waals surface area (Å²) in [4.78, 5) is 53.2. The van der Waals surface area contributed by atoms with Gasteiger partial charge in [-0.15, -0.1) is 0 Å². The summed E-state index contributed by atoms with van der Waals surface area (Å²) < 4.78 is 5.54. The van der Waals surface area contributed by atoms with Crippen molar-refractivity contribution < 1.29 is 18.8 Å².